The Labute approximate surface area is 150 Å². The zero-order valence-corrected chi connectivity index (χ0v) is 15.5. The molecule has 0 unspecified atom stereocenters. The minimum Gasteiger partial charge on any atom is -0.386 e. The molecular formula is C22H30N2O. The lowest BCUT2D eigenvalue weighted by atomic mass is 10.0. The molecule has 0 radical (unpaired) electrons. The number of fused-ring (bicyclic) bond motifs is 1. The van der Waals surface area contributed by atoms with Crippen molar-refractivity contribution in [2.45, 2.75) is 57.6 Å². The first-order chi connectivity index (χ1) is 12.0. The molecule has 134 valence electrons. The fourth-order valence-corrected chi connectivity index (χ4v) is 4.02. The molecule has 1 aliphatic heterocycles. The summed E-state index contributed by atoms with van der Waals surface area (Å²) in [6.45, 7) is 6.20. The van der Waals surface area contributed by atoms with E-state index in [-0.39, 0.29) is 0 Å². The van der Waals surface area contributed by atoms with Gasteiger partial charge < -0.3 is 10.1 Å². The first-order valence-corrected chi connectivity index (χ1v) is 9.74. The van der Waals surface area contributed by atoms with Crippen molar-refractivity contribution in [2.75, 3.05) is 13.1 Å². The summed E-state index contributed by atoms with van der Waals surface area (Å²) >= 11 is 0. The Bertz CT molecular complexity index is 764. The van der Waals surface area contributed by atoms with Crippen molar-refractivity contribution in [2.24, 2.45) is 5.92 Å². The Kier molecular flexibility index (Phi) is 4.47. The minimum atomic E-state index is -0.775. The van der Waals surface area contributed by atoms with Gasteiger partial charge in [0, 0.05) is 29.7 Å². The first kappa shape index (κ1) is 16.9. The number of benzene rings is 1. The van der Waals surface area contributed by atoms with Crippen LogP contribution in [0, 0.1) is 5.92 Å². The van der Waals surface area contributed by atoms with E-state index in [4.69, 9.17) is 0 Å². The summed E-state index contributed by atoms with van der Waals surface area (Å²) in [4.78, 5) is 6.17. The Hall–Kier alpha value is -1.58. The molecule has 0 spiro atoms. The third-order valence-electron chi connectivity index (χ3n) is 5.62. The van der Waals surface area contributed by atoms with Gasteiger partial charge in [-0.05, 0) is 81.7 Å². The fourth-order valence-electron chi connectivity index (χ4n) is 4.02. The largest absolute Gasteiger partial charge is 0.386 e. The Morgan fingerprint density at radius 1 is 1.28 bits per heavy atom. The van der Waals surface area contributed by atoms with Gasteiger partial charge in [-0.2, -0.15) is 0 Å². The molecule has 1 aromatic heterocycles. The van der Waals surface area contributed by atoms with Gasteiger partial charge in [0.2, 0.25) is 0 Å². The lowest BCUT2D eigenvalue weighted by Crippen LogP contribution is -2.32. The van der Waals surface area contributed by atoms with Crippen LogP contribution >= 0.6 is 0 Å². The number of hydrogen-bond donors (Lipinski definition) is 2. The highest BCUT2D eigenvalue weighted by Crippen LogP contribution is 2.33. The van der Waals surface area contributed by atoms with Gasteiger partial charge in [0.05, 0.1) is 5.60 Å². The monoisotopic (exact) mass is 338 g/mol. The quantitative estimate of drug-likeness (QED) is 0.821. The summed E-state index contributed by atoms with van der Waals surface area (Å²) in [6.07, 6.45) is 12.8. The van der Waals surface area contributed by atoms with Crippen molar-refractivity contribution in [3.63, 3.8) is 0 Å². The highest BCUT2D eigenvalue weighted by Gasteiger charge is 2.31. The van der Waals surface area contributed by atoms with Crippen LogP contribution < -0.4 is 0 Å². The van der Waals surface area contributed by atoms with Crippen LogP contribution in [0.15, 0.2) is 30.5 Å². The van der Waals surface area contributed by atoms with Gasteiger partial charge in [-0.15, -0.1) is 0 Å². The van der Waals surface area contributed by atoms with Gasteiger partial charge in [-0.25, -0.2) is 0 Å². The molecule has 2 heterocycles. The molecule has 1 aromatic carbocycles. The summed E-state index contributed by atoms with van der Waals surface area (Å²) in [6, 6.07) is 7.22. The summed E-state index contributed by atoms with van der Waals surface area (Å²) in [7, 11) is 0. The summed E-state index contributed by atoms with van der Waals surface area (Å²) in [5, 5.41) is 11.2. The molecule has 3 nitrogen and oxygen atoms in total. The molecule has 1 saturated heterocycles. The molecule has 3 heteroatoms. The molecule has 25 heavy (non-hydrogen) atoms. The SMILES string of the molecule is CC(C)(O)/C=C/c1ccc2[nH]cc(C[C@H]3CCCN3CC3CC3)c2c1. The van der Waals surface area contributed by atoms with E-state index in [9.17, 15) is 5.11 Å². The number of nitrogens with one attached hydrogen (secondary N) is 1. The van der Waals surface area contributed by atoms with E-state index in [2.05, 4.69) is 34.3 Å². The van der Waals surface area contributed by atoms with Crippen LogP contribution in [0.1, 0.15) is 50.7 Å². The van der Waals surface area contributed by atoms with Crippen molar-refractivity contribution < 1.29 is 5.11 Å². The van der Waals surface area contributed by atoms with E-state index in [0.717, 1.165) is 17.9 Å². The van der Waals surface area contributed by atoms with Gasteiger partial charge in [0.25, 0.3) is 0 Å². The number of H-pyrrole nitrogens is 1. The molecule has 2 aliphatic rings. The standard InChI is InChI=1S/C22H30N2O/c1-22(2,25)10-9-16-7-8-21-20(12-16)18(14-23-21)13-19-4-3-11-24(19)15-17-5-6-17/h7-10,12,14,17,19,23,25H,3-6,11,13,15H2,1-2H3/b10-9+/t19-/m1/s1. The summed E-state index contributed by atoms with van der Waals surface area (Å²) in [5.74, 6) is 0.974. The average Bonchev–Trinajstić information content (AvgIpc) is 3.14. The maximum absolute atomic E-state index is 9.90. The summed E-state index contributed by atoms with van der Waals surface area (Å²) < 4.78 is 0. The van der Waals surface area contributed by atoms with Gasteiger partial charge in [0.1, 0.15) is 0 Å². The fraction of sp³-hybridized carbons (Fsp3) is 0.545. The van der Waals surface area contributed by atoms with Crippen molar-refractivity contribution >= 4 is 17.0 Å². The number of aromatic amines is 1. The smallest absolute Gasteiger partial charge is 0.0774 e. The van der Waals surface area contributed by atoms with E-state index >= 15 is 0 Å². The van der Waals surface area contributed by atoms with E-state index in [0.29, 0.717) is 6.04 Å². The number of aliphatic hydroxyl groups is 1. The molecular weight excluding hydrogens is 308 g/mol. The van der Waals surface area contributed by atoms with Crippen LogP contribution in [-0.2, 0) is 6.42 Å². The molecule has 1 aliphatic carbocycles. The number of aromatic nitrogens is 1. The van der Waals surface area contributed by atoms with Crippen molar-refractivity contribution in [3.8, 4) is 0 Å². The lowest BCUT2D eigenvalue weighted by Gasteiger charge is -2.24. The normalized spacial score (nSPS) is 22.4. The Morgan fingerprint density at radius 3 is 2.88 bits per heavy atom. The van der Waals surface area contributed by atoms with Crippen LogP contribution in [0.2, 0.25) is 0 Å². The highest BCUT2D eigenvalue weighted by atomic mass is 16.3. The summed E-state index contributed by atoms with van der Waals surface area (Å²) in [5.41, 5.74) is 3.02. The van der Waals surface area contributed by atoms with Crippen LogP contribution in [-0.4, -0.2) is 39.7 Å². The van der Waals surface area contributed by atoms with Crippen LogP contribution in [0.4, 0.5) is 0 Å². The minimum absolute atomic E-state index is 0.704. The van der Waals surface area contributed by atoms with Crippen LogP contribution in [0.3, 0.4) is 0 Å². The van der Waals surface area contributed by atoms with Gasteiger partial charge >= 0.3 is 0 Å². The second kappa shape index (κ2) is 6.62. The predicted molar refractivity (Wildman–Crippen MR) is 105 cm³/mol. The molecule has 2 aromatic rings. The Morgan fingerprint density at radius 2 is 2.12 bits per heavy atom. The van der Waals surface area contributed by atoms with E-state index in [1.54, 1.807) is 13.8 Å². The van der Waals surface area contributed by atoms with Crippen LogP contribution in [0.5, 0.6) is 0 Å². The third kappa shape index (κ3) is 4.16. The molecule has 0 bridgehead atoms. The molecule has 4 rings (SSSR count). The second-order valence-electron chi connectivity index (χ2n) is 8.54. The molecule has 1 saturated carbocycles. The van der Waals surface area contributed by atoms with E-state index in [1.165, 1.54) is 55.2 Å². The highest BCUT2D eigenvalue weighted by molar-refractivity contribution is 5.85. The number of rotatable bonds is 6. The van der Waals surface area contributed by atoms with Crippen molar-refractivity contribution in [1.29, 1.82) is 0 Å². The molecule has 1 atom stereocenters. The zero-order chi connectivity index (χ0) is 17.4. The first-order valence-electron chi connectivity index (χ1n) is 9.74. The molecule has 2 N–H and O–H groups in total. The number of nitrogens with zero attached hydrogens (tertiary/aromatic N) is 1. The van der Waals surface area contributed by atoms with Gasteiger partial charge in [-0.3, -0.25) is 4.90 Å². The van der Waals surface area contributed by atoms with Crippen LogP contribution in [0.25, 0.3) is 17.0 Å². The van der Waals surface area contributed by atoms with Crippen molar-refractivity contribution in [3.05, 3.63) is 41.6 Å². The Balaban J connectivity index is 1.53. The third-order valence-corrected chi connectivity index (χ3v) is 5.62. The number of hydrogen-bond acceptors (Lipinski definition) is 2. The predicted octanol–water partition coefficient (Wildman–Crippen LogP) is 4.37. The van der Waals surface area contributed by atoms with Gasteiger partial charge in [-0.1, -0.05) is 18.2 Å². The van der Waals surface area contributed by atoms with Gasteiger partial charge in [0.15, 0.2) is 0 Å². The van der Waals surface area contributed by atoms with E-state index in [1.807, 2.05) is 12.2 Å². The molecule has 2 fully saturated rings. The lowest BCUT2D eigenvalue weighted by molar-refractivity contribution is 0.134. The van der Waals surface area contributed by atoms with E-state index < -0.39 is 5.60 Å². The second-order valence-corrected chi connectivity index (χ2v) is 8.54. The van der Waals surface area contributed by atoms with Crippen molar-refractivity contribution in [1.82, 2.24) is 9.88 Å². The average molecular weight is 338 g/mol. The zero-order valence-electron chi connectivity index (χ0n) is 15.5. The maximum atomic E-state index is 9.90. The topological polar surface area (TPSA) is 39.3 Å². The maximum Gasteiger partial charge on any atom is 0.0774 e. The number of likely N-dealkylation sites (tertiary alicyclic amines) is 1. The molecule has 0 amide bonds.